The summed E-state index contributed by atoms with van der Waals surface area (Å²) in [5.74, 6) is 4.32. The summed E-state index contributed by atoms with van der Waals surface area (Å²) in [6.07, 6.45) is 1.59. The van der Waals surface area contributed by atoms with E-state index in [1.165, 1.54) is 29.4 Å². The summed E-state index contributed by atoms with van der Waals surface area (Å²) in [5, 5.41) is 13.1. The molecule has 1 aromatic carbocycles. The minimum Gasteiger partial charge on any atom is -0.393 e. The Hall–Kier alpha value is -4.59. The van der Waals surface area contributed by atoms with Gasteiger partial charge in [0.2, 0.25) is 0 Å². The van der Waals surface area contributed by atoms with E-state index in [9.17, 15) is 26.7 Å². The van der Waals surface area contributed by atoms with Gasteiger partial charge in [0.25, 0.3) is 5.91 Å². The minimum absolute atomic E-state index is 0.0622. The molecular weight excluding hydrogens is 571 g/mol. The van der Waals surface area contributed by atoms with Crippen molar-refractivity contribution in [3.8, 4) is 11.1 Å². The second-order valence-corrected chi connectivity index (χ2v) is 10.4. The summed E-state index contributed by atoms with van der Waals surface area (Å²) >= 11 is 0. The maximum Gasteiger partial charge on any atom is 0.433 e. The largest absolute Gasteiger partial charge is 0.433 e. The zero-order valence-corrected chi connectivity index (χ0v) is 22.9. The van der Waals surface area contributed by atoms with Crippen molar-refractivity contribution in [2.75, 3.05) is 6.54 Å². The van der Waals surface area contributed by atoms with Gasteiger partial charge in [0.1, 0.15) is 23.0 Å². The lowest BCUT2D eigenvalue weighted by Gasteiger charge is -2.15. The maximum atomic E-state index is 14.8. The van der Waals surface area contributed by atoms with Crippen LogP contribution in [0.15, 0.2) is 54.5 Å². The van der Waals surface area contributed by atoms with Crippen LogP contribution in [0.1, 0.15) is 54.2 Å². The third-order valence-corrected chi connectivity index (χ3v) is 7.06. The predicted molar refractivity (Wildman–Crippen MR) is 148 cm³/mol. The van der Waals surface area contributed by atoms with Crippen molar-refractivity contribution < 1.29 is 26.7 Å². The molecule has 14 heteroatoms. The van der Waals surface area contributed by atoms with E-state index in [4.69, 9.17) is 11.6 Å². The van der Waals surface area contributed by atoms with Gasteiger partial charge in [-0.2, -0.15) is 18.3 Å². The van der Waals surface area contributed by atoms with Crippen LogP contribution in [0.25, 0.3) is 22.2 Å². The number of hydrogen-bond acceptors (Lipinski definition) is 7. The van der Waals surface area contributed by atoms with Gasteiger partial charge in [-0.3, -0.25) is 9.78 Å². The van der Waals surface area contributed by atoms with Crippen molar-refractivity contribution in [1.29, 1.82) is 0 Å². The number of amides is 1. The second kappa shape index (κ2) is 12.3. The van der Waals surface area contributed by atoms with Crippen LogP contribution in [0.5, 0.6) is 0 Å². The van der Waals surface area contributed by atoms with E-state index in [0.29, 0.717) is 53.8 Å². The molecule has 0 atom stereocenters. The van der Waals surface area contributed by atoms with E-state index < -0.39 is 29.4 Å². The number of fused-ring (bicyclic) bond motifs is 1. The van der Waals surface area contributed by atoms with Crippen molar-refractivity contribution in [3.63, 3.8) is 0 Å². The second-order valence-electron chi connectivity index (χ2n) is 10.4. The van der Waals surface area contributed by atoms with E-state index in [-0.39, 0.29) is 18.2 Å². The van der Waals surface area contributed by atoms with Gasteiger partial charge in [-0.15, -0.1) is 5.10 Å². The first-order valence-corrected chi connectivity index (χ1v) is 13.6. The highest BCUT2D eigenvalue weighted by Crippen LogP contribution is 2.47. The van der Waals surface area contributed by atoms with Gasteiger partial charge >= 0.3 is 6.18 Å². The summed E-state index contributed by atoms with van der Waals surface area (Å²) in [6.45, 7) is 0.307. The Labute approximate surface area is 243 Å². The van der Waals surface area contributed by atoms with Gasteiger partial charge in [-0.05, 0) is 67.9 Å². The monoisotopic (exact) mass is 600 g/mol. The number of rotatable bonds is 11. The number of hydrazine groups is 1. The molecule has 3 heterocycles. The van der Waals surface area contributed by atoms with Crippen LogP contribution < -0.4 is 16.9 Å². The van der Waals surface area contributed by atoms with Crippen LogP contribution >= 0.6 is 0 Å². The van der Waals surface area contributed by atoms with Crippen LogP contribution in [0.3, 0.4) is 0 Å². The topological polar surface area (TPSA) is 139 Å². The fourth-order valence-electron chi connectivity index (χ4n) is 4.72. The van der Waals surface area contributed by atoms with E-state index >= 15 is 0 Å². The molecule has 5 rings (SSSR count). The molecule has 1 fully saturated rings. The lowest BCUT2D eigenvalue weighted by molar-refractivity contribution is -0.141. The fraction of sp³-hybridized carbons (Fsp3) is 0.310. The molecule has 4 aromatic rings. The Kier molecular flexibility index (Phi) is 8.57. The third-order valence-electron chi connectivity index (χ3n) is 7.06. The van der Waals surface area contributed by atoms with Crippen molar-refractivity contribution >= 4 is 16.9 Å². The molecule has 0 saturated heterocycles. The zero-order valence-electron chi connectivity index (χ0n) is 22.9. The first-order chi connectivity index (χ1) is 20.5. The zero-order chi connectivity index (χ0) is 30.7. The molecule has 0 unspecified atom stereocenters. The number of aromatic amines is 1. The molecule has 6 N–H and O–H groups in total. The van der Waals surface area contributed by atoms with E-state index in [1.807, 2.05) is 6.07 Å². The summed E-state index contributed by atoms with van der Waals surface area (Å²) in [6, 6.07) is 7.49. The molecule has 0 bridgehead atoms. The Balaban J connectivity index is 1.14. The summed E-state index contributed by atoms with van der Waals surface area (Å²) in [4.78, 5) is 18.9. The number of nitrogens with zero attached hydrogens (tertiary/aromatic N) is 4. The first kappa shape index (κ1) is 29.9. The number of aryl methyl sites for hydroxylation is 1. The SMILES string of the molecule is N/C(=C\N(N)CCCCc1cc2c(-c3ccc(F)cc3F)c(C3CC3)[nH]c2nn1)C(=O)NCc1ccc(C(F)(F)F)nc1. The summed E-state index contributed by atoms with van der Waals surface area (Å²) in [5.41, 5.74) is 8.14. The van der Waals surface area contributed by atoms with Gasteiger partial charge in [0, 0.05) is 53.8 Å². The van der Waals surface area contributed by atoms with Crippen LogP contribution in [-0.2, 0) is 23.9 Å². The van der Waals surface area contributed by atoms with Gasteiger partial charge < -0.3 is 21.0 Å². The molecule has 226 valence electrons. The van der Waals surface area contributed by atoms with Gasteiger partial charge in [-0.25, -0.2) is 14.6 Å². The molecule has 0 aliphatic heterocycles. The van der Waals surface area contributed by atoms with Crippen molar-refractivity contribution in [1.82, 2.24) is 30.5 Å². The fourth-order valence-corrected chi connectivity index (χ4v) is 4.72. The molecule has 9 nitrogen and oxygen atoms in total. The van der Waals surface area contributed by atoms with E-state index in [0.717, 1.165) is 42.3 Å². The number of pyridine rings is 1. The number of unbranched alkanes of at least 4 members (excludes halogenated alkanes) is 1. The quantitative estimate of drug-likeness (QED) is 0.0637. The van der Waals surface area contributed by atoms with Gasteiger partial charge in [0.15, 0.2) is 5.65 Å². The van der Waals surface area contributed by atoms with Crippen LogP contribution in [-0.4, -0.2) is 37.6 Å². The average molecular weight is 601 g/mol. The Morgan fingerprint density at radius 1 is 1.12 bits per heavy atom. The molecular formula is C29H29F5N8O. The number of benzene rings is 1. The van der Waals surface area contributed by atoms with Crippen molar-refractivity contribution in [2.45, 2.75) is 50.7 Å². The number of halogens is 5. The van der Waals surface area contributed by atoms with E-state index in [2.05, 4.69) is 25.5 Å². The van der Waals surface area contributed by atoms with E-state index in [1.54, 1.807) is 0 Å². The molecule has 0 radical (unpaired) electrons. The summed E-state index contributed by atoms with van der Waals surface area (Å²) < 4.78 is 66.2. The molecule has 1 aliphatic rings. The normalized spacial score (nSPS) is 13.9. The summed E-state index contributed by atoms with van der Waals surface area (Å²) in [7, 11) is 0. The Morgan fingerprint density at radius 3 is 2.58 bits per heavy atom. The standard InChI is InChI=1S/C29H29F5N8O/c30-18-7-8-20(22(31)11-18)25-21-12-19(40-41-27(21)39-26(25)17-5-6-17)3-1-2-10-42(36)15-23(35)28(43)38-14-16-4-9-24(37-13-16)29(32,33)34/h4,7-9,11-13,15,17H,1-3,5-6,10,14,35-36H2,(H,38,43)(H,39,41)/b23-15-. The van der Waals surface area contributed by atoms with Crippen molar-refractivity contribution in [3.05, 3.63) is 88.8 Å². The molecule has 0 spiro atoms. The molecule has 3 aromatic heterocycles. The number of nitrogens with two attached hydrogens (primary N) is 2. The highest BCUT2D eigenvalue weighted by Gasteiger charge is 2.32. The number of carbonyl (C=O) groups excluding carboxylic acids is 1. The van der Waals surface area contributed by atoms with Gasteiger partial charge in [0.05, 0.1) is 5.69 Å². The molecule has 1 amide bonds. The number of nitrogens with one attached hydrogen (secondary N) is 2. The number of alkyl halides is 3. The first-order valence-electron chi connectivity index (χ1n) is 13.6. The molecule has 43 heavy (non-hydrogen) atoms. The van der Waals surface area contributed by atoms with Crippen LogP contribution in [0.2, 0.25) is 0 Å². The van der Waals surface area contributed by atoms with Crippen LogP contribution in [0.4, 0.5) is 22.0 Å². The number of H-pyrrole nitrogens is 1. The third kappa shape index (κ3) is 7.25. The Morgan fingerprint density at radius 2 is 1.91 bits per heavy atom. The smallest absolute Gasteiger partial charge is 0.393 e. The molecule has 1 saturated carbocycles. The maximum absolute atomic E-state index is 14.8. The highest BCUT2D eigenvalue weighted by atomic mass is 19.4. The highest BCUT2D eigenvalue weighted by molar-refractivity contribution is 5.96. The lowest BCUT2D eigenvalue weighted by Crippen LogP contribution is -2.33. The lowest BCUT2D eigenvalue weighted by atomic mass is 9.99. The van der Waals surface area contributed by atoms with Crippen LogP contribution in [0, 0.1) is 11.6 Å². The number of carbonyl (C=O) groups is 1. The van der Waals surface area contributed by atoms with Crippen molar-refractivity contribution in [2.24, 2.45) is 11.6 Å². The van der Waals surface area contributed by atoms with Gasteiger partial charge in [-0.1, -0.05) is 6.07 Å². The Bertz CT molecular complexity index is 1650. The number of aromatic nitrogens is 4. The predicted octanol–water partition coefficient (Wildman–Crippen LogP) is 4.81. The molecule has 1 aliphatic carbocycles. The average Bonchev–Trinajstić information content (AvgIpc) is 3.74. The minimum atomic E-state index is -4.54. The number of hydrogen-bond donors (Lipinski definition) is 4.